The highest BCUT2D eigenvalue weighted by atomic mass is 32.2. The molecule has 160 valence electrons. The smallest absolute Gasteiger partial charge is 0.320 e. The maximum Gasteiger partial charge on any atom is 0.320 e. The highest BCUT2D eigenvalue weighted by Crippen LogP contribution is 2.29. The van der Waals surface area contributed by atoms with E-state index in [9.17, 15) is 18.0 Å². The first kappa shape index (κ1) is 21.2. The van der Waals surface area contributed by atoms with Gasteiger partial charge >= 0.3 is 6.03 Å². The lowest BCUT2D eigenvalue weighted by atomic mass is 9.97. The molecular formula is C19H28N4O5S. The minimum absolute atomic E-state index is 0.0258. The highest BCUT2D eigenvalue weighted by Gasteiger charge is 2.31. The minimum Gasteiger partial charge on any atom is -0.494 e. The van der Waals surface area contributed by atoms with Gasteiger partial charge in [-0.25, -0.2) is 13.2 Å². The molecule has 2 N–H and O–H groups in total. The van der Waals surface area contributed by atoms with Crippen LogP contribution in [-0.2, 0) is 14.8 Å². The molecule has 0 aromatic heterocycles. The van der Waals surface area contributed by atoms with Gasteiger partial charge in [0.2, 0.25) is 15.9 Å². The summed E-state index contributed by atoms with van der Waals surface area (Å²) < 4.78 is 30.5. The molecule has 0 spiro atoms. The third-order valence-corrected chi connectivity index (χ3v) is 5.79. The summed E-state index contributed by atoms with van der Waals surface area (Å²) in [7, 11) is -2.02. The van der Waals surface area contributed by atoms with Crippen LogP contribution in [0.1, 0.15) is 25.7 Å². The van der Waals surface area contributed by atoms with Crippen molar-refractivity contribution in [2.24, 2.45) is 5.92 Å². The number of nitrogens with one attached hydrogen (secondary N) is 2. The van der Waals surface area contributed by atoms with Crippen LogP contribution in [0.2, 0.25) is 0 Å². The van der Waals surface area contributed by atoms with E-state index in [1.54, 1.807) is 23.1 Å². The second-order valence-corrected chi connectivity index (χ2v) is 9.29. The molecule has 1 aromatic carbocycles. The van der Waals surface area contributed by atoms with Crippen molar-refractivity contribution < 1.29 is 22.7 Å². The first-order chi connectivity index (χ1) is 13.8. The van der Waals surface area contributed by atoms with Gasteiger partial charge in [0.05, 0.1) is 25.0 Å². The Kier molecular flexibility index (Phi) is 6.51. The third-order valence-electron chi connectivity index (χ3n) is 5.20. The molecule has 10 heteroatoms. The fourth-order valence-corrected chi connectivity index (χ4v) is 4.34. The van der Waals surface area contributed by atoms with Crippen LogP contribution in [0.4, 0.5) is 16.2 Å². The van der Waals surface area contributed by atoms with Crippen LogP contribution < -0.4 is 14.8 Å². The molecule has 1 atom stereocenters. The van der Waals surface area contributed by atoms with Crippen LogP contribution in [0.15, 0.2) is 18.2 Å². The van der Waals surface area contributed by atoms with Crippen LogP contribution in [0.5, 0.6) is 5.75 Å². The Bertz CT molecular complexity index is 867. The van der Waals surface area contributed by atoms with Gasteiger partial charge in [0.25, 0.3) is 0 Å². The lowest BCUT2D eigenvalue weighted by Crippen LogP contribution is -2.48. The molecule has 0 bridgehead atoms. The van der Waals surface area contributed by atoms with Gasteiger partial charge in [0.1, 0.15) is 5.75 Å². The van der Waals surface area contributed by atoms with Crippen molar-refractivity contribution in [3.8, 4) is 5.75 Å². The number of ether oxygens (including phenoxy) is 1. The molecule has 2 heterocycles. The summed E-state index contributed by atoms with van der Waals surface area (Å²) in [5.74, 6) is -0.132. The molecular weight excluding hydrogens is 396 g/mol. The van der Waals surface area contributed by atoms with E-state index < -0.39 is 10.0 Å². The van der Waals surface area contributed by atoms with Gasteiger partial charge in [-0.1, -0.05) is 0 Å². The highest BCUT2D eigenvalue weighted by molar-refractivity contribution is 7.92. The standard InChI is InChI=1S/C19H28N4O5S/c1-28-17-12-15(7-8-16(17)21-29(2,26)27)20-18(24)14-6-5-11-23(13-14)19(25)22-9-3-4-10-22/h7-8,12,14,21H,3-6,9-11,13H2,1-2H3,(H,20,24). The zero-order valence-electron chi connectivity index (χ0n) is 16.8. The molecule has 2 saturated heterocycles. The van der Waals surface area contributed by atoms with Crippen molar-refractivity contribution in [2.75, 3.05) is 49.6 Å². The number of amides is 3. The summed E-state index contributed by atoms with van der Waals surface area (Å²) in [6.45, 7) is 2.67. The molecule has 1 aromatic rings. The molecule has 2 fully saturated rings. The molecule has 0 radical (unpaired) electrons. The molecule has 2 aliphatic heterocycles. The molecule has 1 unspecified atom stereocenters. The van der Waals surface area contributed by atoms with Gasteiger partial charge in [-0.15, -0.1) is 0 Å². The number of hydrogen-bond donors (Lipinski definition) is 2. The van der Waals surface area contributed by atoms with Crippen LogP contribution in [0.25, 0.3) is 0 Å². The molecule has 2 aliphatic rings. The van der Waals surface area contributed by atoms with Crippen molar-refractivity contribution in [1.82, 2.24) is 9.80 Å². The number of anilines is 2. The van der Waals surface area contributed by atoms with Gasteiger partial charge < -0.3 is 19.9 Å². The molecule has 29 heavy (non-hydrogen) atoms. The van der Waals surface area contributed by atoms with Crippen molar-refractivity contribution in [1.29, 1.82) is 0 Å². The van der Waals surface area contributed by atoms with Gasteiger partial charge in [-0.2, -0.15) is 0 Å². The van der Waals surface area contributed by atoms with Gasteiger partial charge in [-0.3, -0.25) is 9.52 Å². The first-order valence-corrected chi connectivity index (χ1v) is 11.7. The predicted molar refractivity (Wildman–Crippen MR) is 111 cm³/mol. The van der Waals surface area contributed by atoms with Crippen LogP contribution >= 0.6 is 0 Å². The van der Waals surface area contributed by atoms with Crippen molar-refractivity contribution in [3.05, 3.63) is 18.2 Å². The quantitative estimate of drug-likeness (QED) is 0.751. The molecule has 0 saturated carbocycles. The Morgan fingerprint density at radius 2 is 1.79 bits per heavy atom. The first-order valence-electron chi connectivity index (χ1n) is 9.77. The average Bonchev–Trinajstić information content (AvgIpc) is 3.22. The van der Waals surface area contributed by atoms with Gasteiger partial charge in [0.15, 0.2) is 0 Å². The van der Waals surface area contributed by atoms with Crippen molar-refractivity contribution >= 4 is 33.3 Å². The van der Waals surface area contributed by atoms with Crippen molar-refractivity contribution in [3.63, 3.8) is 0 Å². The Balaban J connectivity index is 1.64. The fraction of sp³-hybridized carbons (Fsp3) is 0.579. The SMILES string of the molecule is COc1cc(NC(=O)C2CCCN(C(=O)N3CCCC3)C2)ccc1NS(C)(=O)=O. The number of carbonyl (C=O) groups is 2. The molecule has 3 rings (SSSR count). The summed E-state index contributed by atoms with van der Waals surface area (Å²) >= 11 is 0. The van der Waals surface area contributed by atoms with E-state index in [1.807, 2.05) is 4.90 Å². The average molecular weight is 425 g/mol. The van der Waals surface area contributed by atoms with E-state index in [2.05, 4.69) is 10.0 Å². The monoisotopic (exact) mass is 424 g/mol. The van der Waals surface area contributed by atoms with Crippen LogP contribution in [0, 0.1) is 5.92 Å². The van der Waals surface area contributed by atoms with Crippen molar-refractivity contribution in [2.45, 2.75) is 25.7 Å². The topological polar surface area (TPSA) is 108 Å². The summed E-state index contributed by atoms with van der Waals surface area (Å²) in [6.07, 6.45) is 4.64. The van der Waals surface area contributed by atoms with E-state index in [0.717, 1.165) is 45.0 Å². The number of piperidine rings is 1. The lowest BCUT2D eigenvalue weighted by molar-refractivity contribution is -0.121. The van der Waals surface area contributed by atoms with E-state index in [4.69, 9.17) is 4.74 Å². The number of carbonyl (C=O) groups excluding carboxylic acids is 2. The molecule has 9 nitrogen and oxygen atoms in total. The summed E-state index contributed by atoms with van der Waals surface area (Å²) in [5, 5.41) is 2.86. The molecule has 3 amide bonds. The number of rotatable bonds is 5. The zero-order valence-corrected chi connectivity index (χ0v) is 17.6. The Labute approximate surface area is 171 Å². The number of sulfonamides is 1. The lowest BCUT2D eigenvalue weighted by Gasteiger charge is -2.34. The maximum absolute atomic E-state index is 12.8. The largest absolute Gasteiger partial charge is 0.494 e. The number of hydrogen-bond acceptors (Lipinski definition) is 5. The summed E-state index contributed by atoms with van der Waals surface area (Å²) in [5.41, 5.74) is 0.807. The van der Waals surface area contributed by atoms with E-state index in [0.29, 0.717) is 30.2 Å². The third kappa shape index (κ3) is 5.53. The second kappa shape index (κ2) is 8.89. The predicted octanol–water partition coefficient (Wildman–Crippen LogP) is 1.93. The van der Waals surface area contributed by atoms with E-state index >= 15 is 0 Å². The van der Waals surface area contributed by atoms with Crippen LogP contribution in [0.3, 0.4) is 0 Å². The fourth-order valence-electron chi connectivity index (χ4n) is 3.77. The Morgan fingerprint density at radius 3 is 2.45 bits per heavy atom. The normalized spacial score (nSPS) is 19.7. The number of benzene rings is 1. The van der Waals surface area contributed by atoms with E-state index in [-0.39, 0.29) is 17.9 Å². The number of likely N-dealkylation sites (tertiary alicyclic amines) is 2. The Hall–Kier alpha value is -2.49. The summed E-state index contributed by atoms with van der Waals surface area (Å²) in [4.78, 5) is 29.0. The summed E-state index contributed by atoms with van der Waals surface area (Å²) in [6, 6.07) is 4.75. The molecule has 0 aliphatic carbocycles. The zero-order chi connectivity index (χ0) is 21.0. The van der Waals surface area contributed by atoms with Gasteiger partial charge in [-0.05, 0) is 37.8 Å². The maximum atomic E-state index is 12.8. The van der Waals surface area contributed by atoms with Crippen LogP contribution in [-0.4, -0.2) is 69.7 Å². The Morgan fingerprint density at radius 1 is 1.10 bits per heavy atom. The number of methoxy groups -OCH3 is 1. The van der Waals surface area contributed by atoms with Gasteiger partial charge in [0, 0.05) is 37.9 Å². The van der Waals surface area contributed by atoms with E-state index in [1.165, 1.54) is 7.11 Å². The minimum atomic E-state index is -3.44. The second-order valence-electron chi connectivity index (χ2n) is 7.54. The number of urea groups is 1. The number of nitrogens with zero attached hydrogens (tertiary/aromatic N) is 2.